The van der Waals surface area contributed by atoms with Crippen LogP contribution >= 0.6 is 0 Å². The lowest BCUT2D eigenvalue weighted by Crippen LogP contribution is -2.16. The summed E-state index contributed by atoms with van der Waals surface area (Å²) in [6.07, 6.45) is -0.00306. The number of pyridine rings is 1. The zero-order chi connectivity index (χ0) is 17.8. The standard InChI is InChI=1S/C15H12F3N5O2/c16-15(17,18)8-5-9-10(19-6-8)7-23(21-9)13-12(14(24)25)22-4-2-1-3-11(22)20-13/h5-7H,1-4H2,(H,24,25). The van der Waals surface area contributed by atoms with Crippen molar-refractivity contribution in [2.24, 2.45) is 0 Å². The maximum absolute atomic E-state index is 12.8. The van der Waals surface area contributed by atoms with Crippen LogP contribution in [0, 0.1) is 0 Å². The molecule has 4 heterocycles. The molecule has 0 bridgehead atoms. The maximum Gasteiger partial charge on any atom is 0.417 e. The molecule has 0 atom stereocenters. The number of carboxylic acid groups (broad SMARTS) is 1. The van der Waals surface area contributed by atoms with E-state index in [0.717, 1.165) is 25.1 Å². The summed E-state index contributed by atoms with van der Waals surface area (Å²) in [6.45, 7) is 0.543. The summed E-state index contributed by atoms with van der Waals surface area (Å²) in [5.41, 5.74) is -0.668. The number of aromatic nitrogens is 5. The molecule has 1 aliphatic rings. The third-order valence-electron chi connectivity index (χ3n) is 4.16. The highest BCUT2D eigenvalue weighted by Gasteiger charge is 2.32. The van der Waals surface area contributed by atoms with Gasteiger partial charge in [0.1, 0.15) is 16.9 Å². The molecule has 0 saturated heterocycles. The van der Waals surface area contributed by atoms with Crippen LogP contribution in [-0.4, -0.2) is 35.4 Å². The Kier molecular flexibility index (Phi) is 3.31. The zero-order valence-corrected chi connectivity index (χ0v) is 12.8. The van der Waals surface area contributed by atoms with Crippen molar-refractivity contribution in [3.05, 3.63) is 35.5 Å². The van der Waals surface area contributed by atoms with Gasteiger partial charge >= 0.3 is 12.1 Å². The Morgan fingerprint density at radius 1 is 1.24 bits per heavy atom. The molecule has 1 aliphatic heterocycles. The Labute approximate surface area is 138 Å². The number of rotatable bonds is 2. The second-order valence-electron chi connectivity index (χ2n) is 5.81. The molecule has 7 nitrogen and oxygen atoms in total. The summed E-state index contributed by atoms with van der Waals surface area (Å²) < 4.78 is 41.2. The number of carbonyl (C=O) groups is 1. The van der Waals surface area contributed by atoms with E-state index in [-0.39, 0.29) is 22.5 Å². The fourth-order valence-corrected chi connectivity index (χ4v) is 3.01. The number of imidazole rings is 1. The first kappa shape index (κ1) is 15.6. The minimum Gasteiger partial charge on any atom is -0.476 e. The van der Waals surface area contributed by atoms with E-state index in [9.17, 15) is 23.1 Å². The van der Waals surface area contributed by atoms with Gasteiger partial charge in [0.2, 0.25) is 0 Å². The highest BCUT2D eigenvalue weighted by atomic mass is 19.4. The molecule has 4 rings (SSSR count). The predicted molar refractivity (Wildman–Crippen MR) is 79.5 cm³/mol. The number of hydrogen-bond donors (Lipinski definition) is 1. The van der Waals surface area contributed by atoms with Gasteiger partial charge in [0.15, 0.2) is 11.5 Å². The quantitative estimate of drug-likeness (QED) is 0.767. The molecular formula is C15H12F3N5O2. The van der Waals surface area contributed by atoms with Crippen LogP contribution in [-0.2, 0) is 19.1 Å². The van der Waals surface area contributed by atoms with Crippen molar-refractivity contribution in [3.63, 3.8) is 0 Å². The van der Waals surface area contributed by atoms with Crippen LogP contribution in [0.3, 0.4) is 0 Å². The van der Waals surface area contributed by atoms with E-state index in [2.05, 4.69) is 15.1 Å². The Morgan fingerprint density at radius 3 is 2.76 bits per heavy atom. The van der Waals surface area contributed by atoms with E-state index < -0.39 is 17.7 Å². The van der Waals surface area contributed by atoms with Crippen LogP contribution in [0.4, 0.5) is 13.2 Å². The SMILES string of the molecule is O=C(O)c1c(-n2cc3ncc(C(F)(F)F)cc3n2)nc2n1CCCC2. The average molecular weight is 351 g/mol. The minimum atomic E-state index is -4.52. The second-order valence-corrected chi connectivity index (χ2v) is 5.81. The maximum atomic E-state index is 12.8. The first-order valence-electron chi connectivity index (χ1n) is 7.60. The molecule has 0 unspecified atom stereocenters. The Morgan fingerprint density at radius 2 is 2.04 bits per heavy atom. The summed E-state index contributed by atoms with van der Waals surface area (Å²) in [5, 5.41) is 13.6. The van der Waals surface area contributed by atoms with Gasteiger partial charge in [0.25, 0.3) is 0 Å². The number of aryl methyl sites for hydroxylation is 1. The van der Waals surface area contributed by atoms with Gasteiger partial charge in [0, 0.05) is 19.2 Å². The van der Waals surface area contributed by atoms with Crippen molar-refractivity contribution in [1.29, 1.82) is 0 Å². The van der Waals surface area contributed by atoms with Crippen LogP contribution in [0.5, 0.6) is 0 Å². The summed E-state index contributed by atoms with van der Waals surface area (Å²) in [5.74, 6) is -0.419. The summed E-state index contributed by atoms with van der Waals surface area (Å²) >= 11 is 0. The van der Waals surface area contributed by atoms with E-state index in [4.69, 9.17) is 0 Å². The Hall–Kier alpha value is -2.91. The van der Waals surface area contributed by atoms with Gasteiger partial charge in [-0.15, -0.1) is 0 Å². The largest absolute Gasteiger partial charge is 0.476 e. The van der Waals surface area contributed by atoms with Gasteiger partial charge in [-0.05, 0) is 18.9 Å². The van der Waals surface area contributed by atoms with Gasteiger partial charge in [-0.1, -0.05) is 0 Å². The van der Waals surface area contributed by atoms with Crippen molar-refractivity contribution < 1.29 is 23.1 Å². The van der Waals surface area contributed by atoms with Gasteiger partial charge in [-0.3, -0.25) is 4.98 Å². The molecule has 0 radical (unpaired) electrons. The number of aromatic carboxylic acids is 1. The van der Waals surface area contributed by atoms with Gasteiger partial charge < -0.3 is 9.67 Å². The highest BCUT2D eigenvalue weighted by molar-refractivity contribution is 5.90. The minimum absolute atomic E-state index is 0.0152. The topological polar surface area (TPSA) is 85.8 Å². The number of halogens is 3. The summed E-state index contributed by atoms with van der Waals surface area (Å²) in [4.78, 5) is 19.8. The van der Waals surface area contributed by atoms with Gasteiger partial charge in [0.05, 0.1) is 11.8 Å². The van der Waals surface area contributed by atoms with Gasteiger partial charge in [-0.25, -0.2) is 14.5 Å². The number of nitrogens with zero attached hydrogens (tertiary/aromatic N) is 5. The van der Waals surface area contributed by atoms with Crippen LogP contribution < -0.4 is 0 Å². The third-order valence-corrected chi connectivity index (χ3v) is 4.16. The number of hydrogen-bond acceptors (Lipinski definition) is 4. The molecule has 1 N–H and O–H groups in total. The molecule has 0 amide bonds. The van der Waals surface area contributed by atoms with E-state index in [1.165, 1.54) is 10.9 Å². The third kappa shape index (κ3) is 2.53. The van der Waals surface area contributed by atoms with Crippen molar-refractivity contribution in [1.82, 2.24) is 24.3 Å². The van der Waals surface area contributed by atoms with Crippen molar-refractivity contribution in [2.45, 2.75) is 32.0 Å². The van der Waals surface area contributed by atoms with E-state index >= 15 is 0 Å². The van der Waals surface area contributed by atoms with Crippen molar-refractivity contribution in [3.8, 4) is 5.82 Å². The molecule has 0 fully saturated rings. The average Bonchev–Trinajstić information content (AvgIpc) is 3.14. The predicted octanol–water partition coefficient (Wildman–Crippen LogP) is 2.67. The number of carboxylic acids is 1. The molecular weight excluding hydrogens is 339 g/mol. The normalized spacial score (nSPS) is 14.7. The van der Waals surface area contributed by atoms with Crippen molar-refractivity contribution >= 4 is 17.0 Å². The fraction of sp³-hybridized carbons (Fsp3) is 0.333. The monoisotopic (exact) mass is 351 g/mol. The molecule has 0 saturated carbocycles. The first-order chi connectivity index (χ1) is 11.8. The molecule has 3 aromatic heterocycles. The van der Waals surface area contributed by atoms with Crippen LogP contribution in [0.15, 0.2) is 18.5 Å². The van der Waals surface area contributed by atoms with Crippen LogP contribution in [0.1, 0.15) is 34.7 Å². The molecule has 10 heteroatoms. The molecule has 130 valence electrons. The molecule has 0 aromatic carbocycles. The van der Waals surface area contributed by atoms with Crippen LogP contribution in [0.25, 0.3) is 16.9 Å². The number of alkyl halides is 3. The molecule has 0 aliphatic carbocycles. The highest BCUT2D eigenvalue weighted by Crippen LogP contribution is 2.30. The van der Waals surface area contributed by atoms with E-state index in [0.29, 0.717) is 18.8 Å². The second kappa shape index (κ2) is 5.30. The first-order valence-corrected chi connectivity index (χ1v) is 7.60. The zero-order valence-electron chi connectivity index (χ0n) is 12.8. The molecule has 3 aromatic rings. The number of fused-ring (bicyclic) bond motifs is 2. The Balaban J connectivity index is 1.87. The lowest BCUT2D eigenvalue weighted by molar-refractivity contribution is -0.137. The summed E-state index contributed by atoms with van der Waals surface area (Å²) in [7, 11) is 0. The molecule has 0 spiro atoms. The smallest absolute Gasteiger partial charge is 0.417 e. The summed E-state index contributed by atoms with van der Waals surface area (Å²) in [6, 6.07) is 0.884. The Bertz CT molecular complexity index is 989. The van der Waals surface area contributed by atoms with Gasteiger partial charge in [-0.2, -0.15) is 18.3 Å². The molecule has 25 heavy (non-hydrogen) atoms. The lowest BCUT2D eigenvalue weighted by atomic mass is 10.1. The lowest BCUT2D eigenvalue weighted by Gasteiger charge is -2.14. The van der Waals surface area contributed by atoms with E-state index in [1.54, 1.807) is 4.57 Å². The van der Waals surface area contributed by atoms with Crippen molar-refractivity contribution in [2.75, 3.05) is 0 Å². The van der Waals surface area contributed by atoms with E-state index in [1.807, 2.05) is 0 Å². The van der Waals surface area contributed by atoms with Crippen LogP contribution in [0.2, 0.25) is 0 Å². The fourth-order valence-electron chi connectivity index (χ4n) is 3.01.